The fourth-order valence-corrected chi connectivity index (χ4v) is 3.13. The Morgan fingerprint density at radius 3 is 2.74 bits per heavy atom. The van der Waals surface area contributed by atoms with Crippen molar-refractivity contribution in [3.63, 3.8) is 0 Å². The van der Waals surface area contributed by atoms with Crippen molar-refractivity contribution in [3.8, 4) is 0 Å². The standard InChI is InChI=1S/C16H27N3/c1-4-14-7-5-6-8-16(14)19-13(2)9-10-18(3)12-15(19)11-17/h5-8,13,15H,4,9-12,17H2,1-3H3. The van der Waals surface area contributed by atoms with Crippen molar-refractivity contribution in [3.05, 3.63) is 29.8 Å². The number of nitrogens with two attached hydrogens (primary N) is 1. The Hall–Kier alpha value is -1.06. The Kier molecular flexibility index (Phi) is 4.83. The highest BCUT2D eigenvalue weighted by Crippen LogP contribution is 2.28. The number of anilines is 1. The Bertz CT molecular complexity index is 405. The summed E-state index contributed by atoms with van der Waals surface area (Å²) in [6.45, 7) is 7.48. The van der Waals surface area contributed by atoms with Crippen molar-refractivity contribution in [2.24, 2.45) is 5.73 Å². The second kappa shape index (κ2) is 6.40. The minimum absolute atomic E-state index is 0.412. The molecule has 106 valence electrons. The minimum Gasteiger partial charge on any atom is -0.363 e. The lowest BCUT2D eigenvalue weighted by Gasteiger charge is -2.37. The summed E-state index contributed by atoms with van der Waals surface area (Å²) in [5, 5.41) is 0. The zero-order valence-corrected chi connectivity index (χ0v) is 12.5. The van der Waals surface area contributed by atoms with Crippen molar-refractivity contribution in [1.29, 1.82) is 0 Å². The Balaban J connectivity index is 2.37. The van der Waals surface area contributed by atoms with Gasteiger partial charge in [-0.3, -0.25) is 0 Å². The molecule has 0 amide bonds. The van der Waals surface area contributed by atoms with Gasteiger partial charge >= 0.3 is 0 Å². The van der Waals surface area contributed by atoms with Crippen LogP contribution < -0.4 is 10.6 Å². The summed E-state index contributed by atoms with van der Waals surface area (Å²) in [5.41, 5.74) is 8.85. The van der Waals surface area contributed by atoms with E-state index in [4.69, 9.17) is 5.73 Å². The van der Waals surface area contributed by atoms with Crippen LogP contribution in [0.25, 0.3) is 0 Å². The van der Waals surface area contributed by atoms with Gasteiger partial charge in [-0.1, -0.05) is 25.1 Å². The van der Waals surface area contributed by atoms with E-state index in [0.29, 0.717) is 18.6 Å². The lowest BCUT2D eigenvalue weighted by molar-refractivity contribution is 0.332. The molecule has 1 heterocycles. The summed E-state index contributed by atoms with van der Waals surface area (Å²) in [5.74, 6) is 0. The molecule has 1 aromatic rings. The van der Waals surface area contributed by atoms with Crippen molar-refractivity contribution in [1.82, 2.24) is 4.90 Å². The lowest BCUT2D eigenvalue weighted by Crippen LogP contribution is -2.48. The van der Waals surface area contributed by atoms with E-state index in [0.717, 1.165) is 19.5 Å². The van der Waals surface area contributed by atoms with Crippen LogP contribution in [-0.2, 0) is 6.42 Å². The highest BCUT2D eigenvalue weighted by atomic mass is 15.3. The van der Waals surface area contributed by atoms with Crippen LogP contribution in [-0.4, -0.2) is 43.7 Å². The predicted octanol–water partition coefficient (Wildman–Crippen LogP) is 2.11. The largest absolute Gasteiger partial charge is 0.363 e. The number of nitrogens with zero attached hydrogens (tertiary/aromatic N) is 2. The lowest BCUT2D eigenvalue weighted by atomic mass is 10.0. The van der Waals surface area contributed by atoms with Crippen LogP contribution >= 0.6 is 0 Å². The molecule has 0 bridgehead atoms. The van der Waals surface area contributed by atoms with Crippen LogP contribution in [0.15, 0.2) is 24.3 Å². The Morgan fingerprint density at radius 1 is 1.32 bits per heavy atom. The molecule has 1 fully saturated rings. The van der Waals surface area contributed by atoms with Gasteiger partial charge in [-0.2, -0.15) is 0 Å². The zero-order chi connectivity index (χ0) is 13.8. The van der Waals surface area contributed by atoms with Crippen LogP contribution in [0.1, 0.15) is 25.8 Å². The molecule has 0 aromatic heterocycles. The number of hydrogen-bond donors (Lipinski definition) is 1. The monoisotopic (exact) mass is 261 g/mol. The molecule has 1 saturated heterocycles. The molecule has 0 saturated carbocycles. The average molecular weight is 261 g/mol. The fraction of sp³-hybridized carbons (Fsp3) is 0.625. The maximum absolute atomic E-state index is 6.05. The molecule has 2 atom stereocenters. The summed E-state index contributed by atoms with van der Waals surface area (Å²) in [6.07, 6.45) is 2.28. The van der Waals surface area contributed by atoms with Gasteiger partial charge in [0.15, 0.2) is 0 Å². The summed E-state index contributed by atoms with van der Waals surface area (Å²) >= 11 is 0. The maximum Gasteiger partial charge on any atom is 0.0542 e. The van der Waals surface area contributed by atoms with Gasteiger partial charge in [-0.15, -0.1) is 0 Å². The van der Waals surface area contributed by atoms with Gasteiger partial charge in [0.05, 0.1) is 6.04 Å². The molecule has 3 heteroatoms. The van der Waals surface area contributed by atoms with Gasteiger partial charge in [0, 0.05) is 24.8 Å². The smallest absolute Gasteiger partial charge is 0.0542 e. The minimum atomic E-state index is 0.412. The summed E-state index contributed by atoms with van der Waals surface area (Å²) in [7, 11) is 2.20. The molecule has 3 nitrogen and oxygen atoms in total. The van der Waals surface area contributed by atoms with E-state index < -0.39 is 0 Å². The van der Waals surface area contributed by atoms with Crippen molar-refractivity contribution in [2.75, 3.05) is 31.6 Å². The van der Waals surface area contributed by atoms with E-state index in [1.54, 1.807) is 0 Å². The maximum atomic E-state index is 6.05. The van der Waals surface area contributed by atoms with Crippen molar-refractivity contribution < 1.29 is 0 Å². The highest BCUT2D eigenvalue weighted by Gasteiger charge is 2.28. The molecule has 2 rings (SSSR count). The number of benzene rings is 1. The van der Waals surface area contributed by atoms with Crippen LogP contribution in [0.4, 0.5) is 5.69 Å². The first kappa shape index (κ1) is 14.4. The van der Waals surface area contributed by atoms with Gasteiger partial charge in [0.2, 0.25) is 0 Å². The first-order valence-corrected chi connectivity index (χ1v) is 7.42. The first-order chi connectivity index (χ1) is 9.17. The van der Waals surface area contributed by atoms with Crippen molar-refractivity contribution in [2.45, 2.75) is 38.8 Å². The van der Waals surface area contributed by atoms with E-state index in [1.807, 2.05) is 0 Å². The van der Waals surface area contributed by atoms with Crippen LogP contribution in [0.3, 0.4) is 0 Å². The van der Waals surface area contributed by atoms with Gasteiger partial charge in [-0.05, 0) is 45.0 Å². The van der Waals surface area contributed by atoms with Gasteiger partial charge < -0.3 is 15.5 Å². The van der Waals surface area contributed by atoms with Crippen molar-refractivity contribution >= 4 is 5.69 Å². The van der Waals surface area contributed by atoms with Gasteiger partial charge in [-0.25, -0.2) is 0 Å². The third kappa shape index (κ3) is 3.10. The summed E-state index contributed by atoms with van der Waals surface area (Å²) < 4.78 is 0. The molecular formula is C16H27N3. The van der Waals surface area contributed by atoms with Gasteiger partial charge in [0.1, 0.15) is 0 Å². The SMILES string of the molecule is CCc1ccccc1N1C(C)CCN(C)CC1CN. The normalized spacial score (nSPS) is 25.4. The van der Waals surface area contributed by atoms with Crippen LogP contribution in [0.5, 0.6) is 0 Å². The Labute approximate surface area is 117 Å². The number of hydrogen-bond acceptors (Lipinski definition) is 3. The molecule has 1 aliphatic rings. The number of rotatable bonds is 3. The van der Waals surface area contributed by atoms with Gasteiger partial charge in [0.25, 0.3) is 0 Å². The predicted molar refractivity (Wildman–Crippen MR) is 82.7 cm³/mol. The number of likely N-dealkylation sites (N-methyl/N-ethyl adjacent to an activating group) is 1. The number of para-hydroxylation sites is 1. The molecule has 0 aliphatic carbocycles. The fourth-order valence-electron chi connectivity index (χ4n) is 3.13. The third-order valence-corrected chi connectivity index (χ3v) is 4.24. The zero-order valence-electron chi connectivity index (χ0n) is 12.5. The van der Waals surface area contributed by atoms with E-state index in [1.165, 1.54) is 17.7 Å². The molecular weight excluding hydrogens is 234 g/mol. The topological polar surface area (TPSA) is 32.5 Å². The van der Waals surface area contributed by atoms with E-state index in [-0.39, 0.29) is 0 Å². The summed E-state index contributed by atoms with van der Waals surface area (Å²) in [6, 6.07) is 9.73. The summed E-state index contributed by atoms with van der Waals surface area (Å²) in [4.78, 5) is 4.96. The second-order valence-electron chi connectivity index (χ2n) is 5.68. The number of aryl methyl sites for hydroxylation is 1. The molecule has 2 unspecified atom stereocenters. The molecule has 1 aliphatic heterocycles. The van der Waals surface area contributed by atoms with E-state index >= 15 is 0 Å². The Morgan fingerprint density at radius 2 is 2.05 bits per heavy atom. The van der Waals surface area contributed by atoms with E-state index in [9.17, 15) is 0 Å². The molecule has 1 aromatic carbocycles. The quantitative estimate of drug-likeness (QED) is 0.904. The highest BCUT2D eigenvalue weighted by molar-refractivity contribution is 5.55. The van der Waals surface area contributed by atoms with Crippen LogP contribution in [0, 0.1) is 0 Å². The van der Waals surface area contributed by atoms with Crippen LogP contribution in [0.2, 0.25) is 0 Å². The molecule has 0 spiro atoms. The first-order valence-electron chi connectivity index (χ1n) is 7.42. The molecule has 19 heavy (non-hydrogen) atoms. The molecule has 0 radical (unpaired) electrons. The molecule has 2 N–H and O–H groups in total. The third-order valence-electron chi connectivity index (χ3n) is 4.24. The second-order valence-corrected chi connectivity index (χ2v) is 5.68. The average Bonchev–Trinajstić information content (AvgIpc) is 2.58. The van der Waals surface area contributed by atoms with E-state index in [2.05, 4.69) is 55.0 Å².